The van der Waals surface area contributed by atoms with E-state index in [-0.39, 0.29) is 11.7 Å². The zero-order valence-electron chi connectivity index (χ0n) is 15.7. The second-order valence-corrected chi connectivity index (χ2v) is 7.69. The summed E-state index contributed by atoms with van der Waals surface area (Å²) in [6.45, 7) is 6.96. The molecule has 1 aromatic rings. The first kappa shape index (κ1) is 19.3. The van der Waals surface area contributed by atoms with Crippen LogP contribution in [0.3, 0.4) is 0 Å². The standard InChI is InChI=1S/C22H30F2O2/c1-3-13-25-20-12-10-18(21(23)22(20)24)16-6-8-17(9-7-16)19-11-5-15(4-2)14-26-19/h4,10,12,15-17,19H,2-3,5-9,11,13-14H2,1H3. The number of ether oxygens (including phenoxy) is 2. The molecule has 0 aromatic heterocycles. The lowest BCUT2D eigenvalue weighted by molar-refractivity contribution is -0.0470. The minimum absolute atomic E-state index is 0.0224. The van der Waals surface area contributed by atoms with E-state index >= 15 is 0 Å². The molecule has 0 radical (unpaired) electrons. The van der Waals surface area contributed by atoms with Crippen LogP contribution in [0.4, 0.5) is 8.78 Å². The van der Waals surface area contributed by atoms with Crippen LogP contribution in [0.5, 0.6) is 5.75 Å². The van der Waals surface area contributed by atoms with E-state index in [9.17, 15) is 8.78 Å². The Morgan fingerprint density at radius 3 is 2.50 bits per heavy atom. The second kappa shape index (κ2) is 8.98. The fourth-order valence-electron chi connectivity index (χ4n) is 4.34. The first-order chi connectivity index (χ1) is 12.6. The number of hydrogen-bond acceptors (Lipinski definition) is 2. The third-order valence-electron chi connectivity index (χ3n) is 5.96. The number of benzene rings is 1. The van der Waals surface area contributed by atoms with Gasteiger partial charge >= 0.3 is 0 Å². The molecule has 1 aromatic carbocycles. The van der Waals surface area contributed by atoms with Crippen LogP contribution in [0.2, 0.25) is 0 Å². The highest BCUT2D eigenvalue weighted by molar-refractivity contribution is 5.33. The van der Waals surface area contributed by atoms with Crippen LogP contribution >= 0.6 is 0 Å². The molecule has 2 aliphatic rings. The molecule has 1 heterocycles. The minimum atomic E-state index is -0.843. The van der Waals surface area contributed by atoms with Gasteiger partial charge in [-0.15, -0.1) is 6.58 Å². The molecule has 2 atom stereocenters. The summed E-state index contributed by atoms with van der Waals surface area (Å²) in [6.07, 6.45) is 9.11. The van der Waals surface area contributed by atoms with Crippen molar-refractivity contribution in [3.8, 4) is 5.75 Å². The zero-order chi connectivity index (χ0) is 18.5. The molecule has 2 nitrogen and oxygen atoms in total. The highest BCUT2D eigenvalue weighted by Crippen LogP contribution is 2.41. The molecule has 0 N–H and O–H groups in total. The quantitative estimate of drug-likeness (QED) is 0.576. The summed E-state index contributed by atoms with van der Waals surface area (Å²) in [5.74, 6) is -0.446. The average Bonchev–Trinajstić information content (AvgIpc) is 2.69. The highest BCUT2D eigenvalue weighted by Gasteiger charge is 2.32. The van der Waals surface area contributed by atoms with E-state index in [1.54, 1.807) is 12.1 Å². The van der Waals surface area contributed by atoms with Crippen molar-refractivity contribution in [2.75, 3.05) is 13.2 Å². The third kappa shape index (κ3) is 4.28. The number of rotatable bonds is 6. The van der Waals surface area contributed by atoms with Crippen molar-refractivity contribution in [3.63, 3.8) is 0 Å². The monoisotopic (exact) mass is 364 g/mol. The molecule has 1 aliphatic heterocycles. The maximum atomic E-state index is 14.5. The number of hydrogen-bond donors (Lipinski definition) is 0. The predicted molar refractivity (Wildman–Crippen MR) is 99.5 cm³/mol. The Morgan fingerprint density at radius 2 is 1.88 bits per heavy atom. The topological polar surface area (TPSA) is 18.5 Å². The van der Waals surface area contributed by atoms with Crippen LogP contribution < -0.4 is 4.74 Å². The summed E-state index contributed by atoms with van der Waals surface area (Å²) in [5, 5.41) is 0. The molecule has 0 amide bonds. The van der Waals surface area contributed by atoms with Crippen molar-refractivity contribution in [1.82, 2.24) is 0 Å². The summed E-state index contributed by atoms with van der Waals surface area (Å²) in [7, 11) is 0. The average molecular weight is 364 g/mol. The molecule has 2 unspecified atom stereocenters. The summed E-state index contributed by atoms with van der Waals surface area (Å²) in [5.41, 5.74) is 0.501. The van der Waals surface area contributed by atoms with E-state index in [1.165, 1.54) is 0 Å². The molecule has 1 saturated carbocycles. The van der Waals surface area contributed by atoms with Crippen molar-refractivity contribution in [3.05, 3.63) is 42.0 Å². The third-order valence-corrected chi connectivity index (χ3v) is 5.96. The first-order valence-electron chi connectivity index (χ1n) is 9.98. The fraction of sp³-hybridized carbons (Fsp3) is 0.636. The van der Waals surface area contributed by atoms with Gasteiger partial charge in [0.15, 0.2) is 11.6 Å². The summed E-state index contributed by atoms with van der Waals surface area (Å²) in [6, 6.07) is 3.29. The molecular weight excluding hydrogens is 334 g/mol. The Bertz CT molecular complexity index is 600. The largest absolute Gasteiger partial charge is 0.490 e. The van der Waals surface area contributed by atoms with E-state index < -0.39 is 11.6 Å². The summed E-state index contributed by atoms with van der Waals surface area (Å²) < 4.78 is 40.1. The molecular formula is C22H30F2O2. The van der Waals surface area contributed by atoms with Crippen LogP contribution in [0.15, 0.2) is 24.8 Å². The lowest BCUT2D eigenvalue weighted by Gasteiger charge is -2.37. The highest BCUT2D eigenvalue weighted by atomic mass is 19.2. The van der Waals surface area contributed by atoms with Gasteiger partial charge in [-0.3, -0.25) is 0 Å². The van der Waals surface area contributed by atoms with Crippen molar-refractivity contribution in [2.24, 2.45) is 11.8 Å². The van der Waals surface area contributed by atoms with Gasteiger partial charge in [-0.05, 0) is 68.4 Å². The van der Waals surface area contributed by atoms with Gasteiger partial charge in [-0.1, -0.05) is 19.1 Å². The van der Waals surface area contributed by atoms with E-state index in [1.807, 2.05) is 13.0 Å². The lowest BCUT2D eigenvalue weighted by Crippen LogP contribution is -2.33. The molecule has 4 heteroatoms. The van der Waals surface area contributed by atoms with Crippen LogP contribution in [0, 0.1) is 23.5 Å². The Labute approximate surface area is 155 Å². The maximum Gasteiger partial charge on any atom is 0.200 e. The smallest absolute Gasteiger partial charge is 0.200 e. The number of halogens is 2. The van der Waals surface area contributed by atoms with Crippen molar-refractivity contribution < 1.29 is 18.3 Å². The summed E-state index contributed by atoms with van der Waals surface area (Å²) >= 11 is 0. The van der Waals surface area contributed by atoms with E-state index in [0.717, 1.165) is 51.6 Å². The molecule has 2 fully saturated rings. The molecule has 1 saturated heterocycles. The molecule has 144 valence electrons. The Morgan fingerprint density at radius 1 is 1.12 bits per heavy atom. The molecule has 1 aliphatic carbocycles. The van der Waals surface area contributed by atoms with Crippen LogP contribution in [0.1, 0.15) is 63.4 Å². The SMILES string of the molecule is C=CC1CCC(C2CCC(c3ccc(OCCC)c(F)c3F)CC2)OC1. The lowest BCUT2D eigenvalue weighted by atomic mass is 9.75. The normalized spacial score (nSPS) is 29.3. The van der Waals surface area contributed by atoms with Gasteiger partial charge in [0, 0.05) is 5.92 Å². The zero-order valence-corrected chi connectivity index (χ0v) is 15.7. The van der Waals surface area contributed by atoms with Gasteiger partial charge in [0.2, 0.25) is 5.82 Å². The molecule has 3 rings (SSSR count). The van der Waals surface area contributed by atoms with Gasteiger partial charge in [-0.2, -0.15) is 4.39 Å². The second-order valence-electron chi connectivity index (χ2n) is 7.69. The van der Waals surface area contributed by atoms with Gasteiger partial charge in [0.25, 0.3) is 0 Å². The maximum absolute atomic E-state index is 14.5. The molecule has 0 bridgehead atoms. The van der Waals surface area contributed by atoms with Crippen molar-refractivity contribution >= 4 is 0 Å². The van der Waals surface area contributed by atoms with Crippen LogP contribution in [-0.2, 0) is 4.74 Å². The van der Waals surface area contributed by atoms with Gasteiger partial charge in [0.05, 0.1) is 19.3 Å². The van der Waals surface area contributed by atoms with E-state index in [0.29, 0.717) is 30.1 Å². The first-order valence-corrected chi connectivity index (χ1v) is 9.98. The van der Waals surface area contributed by atoms with E-state index in [4.69, 9.17) is 9.47 Å². The Hall–Kier alpha value is -1.42. The van der Waals surface area contributed by atoms with Gasteiger partial charge < -0.3 is 9.47 Å². The van der Waals surface area contributed by atoms with Gasteiger partial charge in [-0.25, -0.2) is 4.39 Å². The molecule has 0 spiro atoms. The fourth-order valence-corrected chi connectivity index (χ4v) is 4.34. The van der Waals surface area contributed by atoms with Crippen LogP contribution in [-0.4, -0.2) is 19.3 Å². The van der Waals surface area contributed by atoms with E-state index in [2.05, 4.69) is 6.58 Å². The predicted octanol–water partition coefficient (Wildman–Crippen LogP) is 6.01. The minimum Gasteiger partial charge on any atom is -0.490 e. The van der Waals surface area contributed by atoms with Crippen molar-refractivity contribution in [2.45, 2.75) is 63.9 Å². The Kier molecular flexibility index (Phi) is 6.68. The van der Waals surface area contributed by atoms with Crippen molar-refractivity contribution in [1.29, 1.82) is 0 Å². The Balaban J connectivity index is 1.58. The summed E-state index contributed by atoms with van der Waals surface area (Å²) in [4.78, 5) is 0. The van der Waals surface area contributed by atoms with Gasteiger partial charge in [0.1, 0.15) is 0 Å². The molecule has 26 heavy (non-hydrogen) atoms. The van der Waals surface area contributed by atoms with Crippen LogP contribution in [0.25, 0.3) is 0 Å².